The zero-order valence-corrected chi connectivity index (χ0v) is 18.2. The van der Waals surface area contributed by atoms with E-state index in [1.807, 2.05) is 20.0 Å². The van der Waals surface area contributed by atoms with Crippen LogP contribution in [0.5, 0.6) is 0 Å². The number of carbonyl (C=O) groups is 1. The minimum atomic E-state index is -4.47. The molecule has 1 aromatic carbocycles. The van der Waals surface area contributed by atoms with Crippen molar-refractivity contribution in [2.45, 2.75) is 26.6 Å². The van der Waals surface area contributed by atoms with Gasteiger partial charge in [0.05, 0.1) is 34.0 Å². The molecule has 1 amide bonds. The third-order valence-corrected chi connectivity index (χ3v) is 5.10. The van der Waals surface area contributed by atoms with E-state index >= 15 is 0 Å². The van der Waals surface area contributed by atoms with Gasteiger partial charge in [0.2, 0.25) is 0 Å². The molecule has 3 aromatic rings. The number of halogens is 4. The van der Waals surface area contributed by atoms with Crippen LogP contribution in [0.25, 0.3) is 0 Å². The summed E-state index contributed by atoms with van der Waals surface area (Å²) in [7, 11) is 1.82. The standard InChI is InChI=1S/C21H20ClF3N6O/c1-11-8-15(30-31(11)3)9-27-19-17(12(2)26)18(22)16(10-28-19)20(32)29-14-6-4-13(5-7-14)21(23,24)25/h4-8,10,26H,9H2,1-3H3,(H,27,28)(H,29,32). The Morgan fingerprint density at radius 1 is 1.25 bits per heavy atom. The molecule has 32 heavy (non-hydrogen) atoms. The molecule has 0 saturated heterocycles. The van der Waals surface area contributed by atoms with E-state index in [0.717, 1.165) is 35.7 Å². The van der Waals surface area contributed by atoms with Crippen molar-refractivity contribution in [3.8, 4) is 0 Å². The van der Waals surface area contributed by atoms with Gasteiger partial charge in [-0.15, -0.1) is 0 Å². The number of carbonyl (C=O) groups excluding carboxylic acids is 1. The molecule has 0 fully saturated rings. The van der Waals surface area contributed by atoms with E-state index in [9.17, 15) is 18.0 Å². The molecule has 11 heteroatoms. The zero-order chi connectivity index (χ0) is 23.6. The van der Waals surface area contributed by atoms with Crippen LogP contribution < -0.4 is 10.6 Å². The van der Waals surface area contributed by atoms with Gasteiger partial charge in [0.1, 0.15) is 5.82 Å². The van der Waals surface area contributed by atoms with Gasteiger partial charge in [0.25, 0.3) is 5.91 Å². The van der Waals surface area contributed by atoms with Crippen molar-refractivity contribution < 1.29 is 18.0 Å². The van der Waals surface area contributed by atoms with Crippen LogP contribution in [0.2, 0.25) is 5.02 Å². The number of nitrogens with one attached hydrogen (secondary N) is 3. The summed E-state index contributed by atoms with van der Waals surface area (Å²) in [5.74, 6) is -0.339. The first-order valence-corrected chi connectivity index (χ1v) is 9.81. The predicted octanol–water partition coefficient (Wildman–Crippen LogP) is 5.05. The van der Waals surface area contributed by atoms with E-state index in [4.69, 9.17) is 17.0 Å². The SMILES string of the molecule is CC(=N)c1c(NCc2cc(C)n(C)n2)ncc(C(=O)Nc2ccc(C(F)(F)F)cc2)c1Cl. The zero-order valence-electron chi connectivity index (χ0n) is 17.4. The highest BCUT2D eigenvalue weighted by Gasteiger charge is 2.30. The molecule has 0 aliphatic rings. The van der Waals surface area contributed by atoms with Gasteiger partial charge in [-0.1, -0.05) is 11.6 Å². The first-order chi connectivity index (χ1) is 15.0. The van der Waals surface area contributed by atoms with Crippen LogP contribution >= 0.6 is 11.6 Å². The van der Waals surface area contributed by atoms with Crippen molar-refractivity contribution in [3.05, 3.63) is 69.6 Å². The molecule has 0 aliphatic carbocycles. The number of rotatable bonds is 6. The van der Waals surface area contributed by atoms with Crippen molar-refractivity contribution in [1.29, 1.82) is 5.41 Å². The van der Waals surface area contributed by atoms with E-state index in [-0.39, 0.29) is 27.5 Å². The fraction of sp³-hybridized carbons (Fsp3) is 0.238. The van der Waals surface area contributed by atoms with Crippen LogP contribution in [0.1, 0.15) is 39.8 Å². The summed E-state index contributed by atoms with van der Waals surface area (Å²) in [6, 6.07) is 5.94. The fourth-order valence-electron chi connectivity index (χ4n) is 2.96. The van der Waals surface area contributed by atoms with Crippen LogP contribution in [0, 0.1) is 12.3 Å². The molecule has 0 atom stereocenters. The quantitative estimate of drug-likeness (QED) is 0.445. The summed E-state index contributed by atoms with van der Waals surface area (Å²) in [6.07, 6.45) is -3.22. The van der Waals surface area contributed by atoms with Crippen LogP contribution in [-0.4, -0.2) is 26.4 Å². The summed E-state index contributed by atoms with van der Waals surface area (Å²) in [5, 5.41) is 18.0. The minimum Gasteiger partial charge on any atom is -0.364 e. The van der Waals surface area contributed by atoms with Gasteiger partial charge in [-0.05, 0) is 44.2 Å². The molecule has 0 spiro atoms. The number of alkyl halides is 3. The highest BCUT2D eigenvalue weighted by atomic mass is 35.5. The molecule has 0 unspecified atom stereocenters. The van der Waals surface area contributed by atoms with Crippen molar-refractivity contribution in [2.75, 3.05) is 10.6 Å². The number of aromatic nitrogens is 3. The number of hydrogen-bond acceptors (Lipinski definition) is 5. The Morgan fingerprint density at radius 3 is 2.44 bits per heavy atom. The molecular weight excluding hydrogens is 445 g/mol. The Bertz CT molecular complexity index is 1150. The summed E-state index contributed by atoms with van der Waals surface area (Å²) < 4.78 is 39.8. The Morgan fingerprint density at radius 2 is 1.91 bits per heavy atom. The van der Waals surface area contributed by atoms with Crippen molar-refractivity contribution in [3.63, 3.8) is 0 Å². The average molecular weight is 465 g/mol. The third-order valence-electron chi connectivity index (χ3n) is 4.71. The maximum atomic E-state index is 12.7. The maximum Gasteiger partial charge on any atom is 0.416 e. The van der Waals surface area contributed by atoms with Gasteiger partial charge in [-0.25, -0.2) is 4.98 Å². The lowest BCUT2D eigenvalue weighted by molar-refractivity contribution is -0.137. The van der Waals surface area contributed by atoms with Crippen LogP contribution in [0.15, 0.2) is 36.5 Å². The van der Waals surface area contributed by atoms with Gasteiger partial charge in [-0.3, -0.25) is 9.48 Å². The lowest BCUT2D eigenvalue weighted by Gasteiger charge is -2.14. The van der Waals surface area contributed by atoms with Crippen molar-refractivity contribution in [2.24, 2.45) is 7.05 Å². The normalized spacial score (nSPS) is 11.3. The second-order valence-electron chi connectivity index (χ2n) is 7.12. The van der Waals surface area contributed by atoms with Gasteiger partial charge in [0.15, 0.2) is 0 Å². The molecule has 0 aliphatic heterocycles. The Labute approximate surface area is 187 Å². The third kappa shape index (κ3) is 5.08. The predicted molar refractivity (Wildman–Crippen MR) is 116 cm³/mol. The molecule has 168 valence electrons. The van der Waals surface area contributed by atoms with E-state index in [0.29, 0.717) is 12.4 Å². The van der Waals surface area contributed by atoms with E-state index in [1.165, 1.54) is 13.1 Å². The van der Waals surface area contributed by atoms with E-state index in [2.05, 4.69) is 20.7 Å². The number of amides is 1. The van der Waals surface area contributed by atoms with Crippen molar-refractivity contribution >= 4 is 34.7 Å². The number of anilines is 2. The van der Waals surface area contributed by atoms with E-state index in [1.54, 1.807) is 4.68 Å². The first kappa shape index (κ1) is 23.3. The van der Waals surface area contributed by atoms with Gasteiger partial charge < -0.3 is 16.0 Å². The Hall–Kier alpha value is -3.40. The van der Waals surface area contributed by atoms with Crippen LogP contribution in [0.3, 0.4) is 0 Å². The topological polar surface area (TPSA) is 95.7 Å². The summed E-state index contributed by atoms with van der Waals surface area (Å²) in [4.78, 5) is 16.9. The smallest absolute Gasteiger partial charge is 0.364 e. The number of pyridine rings is 1. The summed E-state index contributed by atoms with van der Waals surface area (Å²) in [6.45, 7) is 3.77. The molecule has 0 saturated carbocycles. The number of hydrogen-bond donors (Lipinski definition) is 3. The van der Waals surface area contributed by atoms with E-state index < -0.39 is 17.6 Å². The second-order valence-corrected chi connectivity index (χ2v) is 7.50. The lowest BCUT2D eigenvalue weighted by atomic mass is 10.1. The van der Waals surface area contributed by atoms with Gasteiger partial charge in [-0.2, -0.15) is 18.3 Å². The van der Waals surface area contributed by atoms with Crippen molar-refractivity contribution in [1.82, 2.24) is 14.8 Å². The van der Waals surface area contributed by atoms with Crippen LogP contribution in [0.4, 0.5) is 24.7 Å². The van der Waals surface area contributed by atoms with Crippen LogP contribution in [-0.2, 0) is 19.8 Å². The minimum absolute atomic E-state index is 0.00704. The van der Waals surface area contributed by atoms with Gasteiger partial charge in [0, 0.05) is 30.3 Å². The Kier molecular flexibility index (Phi) is 6.54. The molecule has 3 rings (SSSR count). The lowest BCUT2D eigenvalue weighted by Crippen LogP contribution is -2.16. The highest BCUT2D eigenvalue weighted by Crippen LogP contribution is 2.31. The summed E-state index contributed by atoms with van der Waals surface area (Å²) >= 11 is 6.42. The highest BCUT2D eigenvalue weighted by molar-refractivity contribution is 6.38. The molecule has 2 aromatic heterocycles. The second kappa shape index (κ2) is 8.99. The maximum absolute atomic E-state index is 12.7. The first-order valence-electron chi connectivity index (χ1n) is 9.43. The molecule has 0 radical (unpaired) electrons. The molecule has 0 bridgehead atoms. The fourth-order valence-corrected chi connectivity index (χ4v) is 3.33. The number of aryl methyl sites for hydroxylation is 2. The number of nitrogens with zero attached hydrogens (tertiary/aromatic N) is 3. The molecule has 2 heterocycles. The molecular formula is C21H20ClF3N6O. The average Bonchev–Trinajstić information content (AvgIpc) is 3.03. The summed E-state index contributed by atoms with van der Waals surface area (Å²) in [5.41, 5.74) is 1.42. The largest absolute Gasteiger partial charge is 0.416 e. The number of benzene rings is 1. The Balaban J connectivity index is 1.81. The molecule has 7 nitrogen and oxygen atoms in total. The molecule has 3 N–H and O–H groups in total. The monoisotopic (exact) mass is 464 g/mol. The van der Waals surface area contributed by atoms with Gasteiger partial charge >= 0.3 is 6.18 Å².